The topological polar surface area (TPSA) is 30.2 Å². The Balaban J connectivity index is 1.81. The Labute approximate surface area is 137 Å². The van der Waals surface area contributed by atoms with Crippen molar-refractivity contribution >= 4 is 46.2 Å². The molecule has 0 amide bonds. The number of carbonyl (C=O) groups excluding carboxylic acids is 1. The third-order valence-electron chi connectivity index (χ3n) is 3.26. The molecule has 0 aliphatic heterocycles. The molecule has 2 nitrogen and oxygen atoms in total. The van der Waals surface area contributed by atoms with E-state index in [0.29, 0.717) is 16.4 Å². The summed E-state index contributed by atoms with van der Waals surface area (Å²) >= 11 is 7.62. The number of halogens is 1. The van der Waals surface area contributed by atoms with Crippen molar-refractivity contribution in [3.63, 3.8) is 0 Å². The largest absolute Gasteiger partial charge is 0.453 e. The molecular formula is C18H13ClO2S. The quantitative estimate of drug-likeness (QED) is 0.349. The second-order valence-electron chi connectivity index (χ2n) is 4.76. The zero-order chi connectivity index (χ0) is 15.5. The van der Waals surface area contributed by atoms with Gasteiger partial charge in [0.2, 0.25) is 5.78 Å². The van der Waals surface area contributed by atoms with Crippen LogP contribution in [0.5, 0.6) is 0 Å². The van der Waals surface area contributed by atoms with E-state index in [1.807, 2.05) is 30.5 Å². The average molecular weight is 329 g/mol. The van der Waals surface area contributed by atoms with E-state index in [2.05, 4.69) is 0 Å². The van der Waals surface area contributed by atoms with E-state index < -0.39 is 0 Å². The third-order valence-corrected chi connectivity index (χ3v) is 4.24. The van der Waals surface area contributed by atoms with Gasteiger partial charge in [0.1, 0.15) is 5.58 Å². The number of allylic oxidation sites excluding steroid dienone is 1. The van der Waals surface area contributed by atoms with Crippen molar-refractivity contribution < 1.29 is 9.21 Å². The van der Waals surface area contributed by atoms with Crippen LogP contribution < -0.4 is 0 Å². The maximum atomic E-state index is 12.2. The van der Waals surface area contributed by atoms with E-state index in [1.165, 1.54) is 11.0 Å². The number of ketones is 1. The molecule has 3 aromatic rings. The van der Waals surface area contributed by atoms with E-state index in [1.54, 1.807) is 42.1 Å². The van der Waals surface area contributed by atoms with Gasteiger partial charge >= 0.3 is 0 Å². The summed E-state index contributed by atoms with van der Waals surface area (Å²) in [6.07, 6.45) is 5.34. The summed E-state index contributed by atoms with van der Waals surface area (Å²) < 4.78 is 5.55. The molecular weight excluding hydrogens is 316 g/mol. The second kappa shape index (κ2) is 6.42. The van der Waals surface area contributed by atoms with Gasteiger partial charge in [0.05, 0.1) is 0 Å². The van der Waals surface area contributed by atoms with Crippen molar-refractivity contribution in [3.8, 4) is 0 Å². The molecule has 0 aliphatic carbocycles. The van der Waals surface area contributed by atoms with Crippen LogP contribution >= 0.6 is 23.4 Å². The molecule has 0 unspecified atom stereocenters. The fourth-order valence-electron chi connectivity index (χ4n) is 2.10. The minimum absolute atomic E-state index is 0.165. The van der Waals surface area contributed by atoms with Crippen LogP contribution in [0.15, 0.2) is 63.9 Å². The average Bonchev–Trinajstić information content (AvgIpc) is 2.96. The molecule has 0 saturated heterocycles. The molecule has 0 spiro atoms. The Morgan fingerprint density at radius 2 is 1.91 bits per heavy atom. The molecule has 1 heterocycles. The number of carbonyl (C=O) groups is 1. The fourth-order valence-corrected chi connectivity index (χ4v) is 2.69. The molecule has 0 bridgehead atoms. The SMILES string of the molecule is CSc1ccc(/C=C/C(=O)c2cc3cc(Cl)ccc3o2)cc1. The molecule has 0 radical (unpaired) electrons. The lowest BCUT2D eigenvalue weighted by Gasteiger charge is -1.96. The summed E-state index contributed by atoms with van der Waals surface area (Å²) in [5.74, 6) is 0.149. The molecule has 0 N–H and O–H groups in total. The summed E-state index contributed by atoms with van der Waals surface area (Å²) in [6, 6.07) is 15.0. The number of hydrogen-bond donors (Lipinski definition) is 0. The predicted molar refractivity (Wildman–Crippen MR) is 92.8 cm³/mol. The van der Waals surface area contributed by atoms with Crippen LogP contribution in [0.4, 0.5) is 0 Å². The van der Waals surface area contributed by atoms with Gasteiger partial charge < -0.3 is 4.42 Å². The molecule has 0 fully saturated rings. The highest BCUT2D eigenvalue weighted by Gasteiger charge is 2.09. The van der Waals surface area contributed by atoms with E-state index in [-0.39, 0.29) is 5.78 Å². The first-order valence-corrected chi connectivity index (χ1v) is 8.31. The molecule has 2 aromatic carbocycles. The molecule has 3 rings (SSSR count). The molecule has 1 aromatic heterocycles. The smallest absolute Gasteiger partial charge is 0.221 e. The van der Waals surface area contributed by atoms with Crippen molar-refractivity contribution in [1.82, 2.24) is 0 Å². The Hall–Kier alpha value is -1.97. The lowest BCUT2D eigenvalue weighted by molar-refractivity contribution is 0.102. The van der Waals surface area contributed by atoms with E-state index in [4.69, 9.17) is 16.0 Å². The Morgan fingerprint density at radius 3 is 2.64 bits per heavy atom. The van der Waals surface area contributed by atoms with Crippen LogP contribution in [0.1, 0.15) is 16.1 Å². The third kappa shape index (κ3) is 3.26. The standard InChI is InChI=1S/C18H13ClO2S/c1-22-15-6-2-12(3-7-15)4-8-16(20)18-11-13-10-14(19)5-9-17(13)21-18/h2-11H,1H3/b8-4+. The van der Waals surface area contributed by atoms with Gasteiger partial charge in [0.15, 0.2) is 5.76 Å². The highest BCUT2D eigenvalue weighted by molar-refractivity contribution is 7.98. The van der Waals surface area contributed by atoms with Crippen LogP contribution in [0.2, 0.25) is 5.02 Å². The zero-order valence-electron chi connectivity index (χ0n) is 11.9. The highest BCUT2D eigenvalue weighted by atomic mass is 35.5. The van der Waals surface area contributed by atoms with Crippen molar-refractivity contribution in [3.05, 3.63) is 71.0 Å². The van der Waals surface area contributed by atoms with E-state index in [0.717, 1.165) is 10.9 Å². The monoisotopic (exact) mass is 328 g/mol. The molecule has 4 heteroatoms. The minimum atomic E-state index is -0.165. The lowest BCUT2D eigenvalue weighted by atomic mass is 10.2. The molecule has 0 saturated carbocycles. The normalized spacial score (nSPS) is 11.4. The Kier molecular flexibility index (Phi) is 4.36. The first-order valence-electron chi connectivity index (χ1n) is 6.71. The van der Waals surface area contributed by atoms with Gasteiger partial charge in [-0.2, -0.15) is 0 Å². The maximum Gasteiger partial charge on any atom is 0.221 e. The van der Waals surface area contributed by atoms with E-state index >= 15 is 0 Å². The zero-order valence-corrected chi connectivity index (χ0v) is 13.4. The lowest BCUT2D eigenvalue weighted by Crippen LogP contribution is -1.90. The Morgan fingerprint density at radius 1 is 1.14 bits per heavy atom. The summed E-state index contributed by atoms with van der Waals surface area (Å²) in [5, 5.41) is 1.45. The predicted octanol–water partition coefficient (Wildman–Crippen LogP) is 5.70. The number of fused-ring (bicyclic) bond motifs is 1. The van der Waals surface area contributed by atoms with Crippen molar-refractivity contribution in [2.45, 2.75) is 4.90 Å². The number of thioether (sulfide) groups is 1. The maximum absolute atomic E-state index is 12.2. The van der Waals surface area contributed by atoms with Gasteiger partial charge in [-0.15, -0.1) is 11.8 Å². The van der Waals surface area contributed by atoms with Crippen LogP contribution in [-0.4, -0.2) is 12.0 Å². The van der Waals surface area contributed by atoms with Crippen LogP contribution in [0, 0.1) is 0 Å². The highest BCUT2D eigenvalue weighted by Crippen LogP contribution is 2.23. The number of hydrogen-bond acceptors (Lipinski definition) is 3. The number of rotatable bonds is 4. The minimum Gasteiger partial charge on any atom is -0.453 e. The molecule has 110 valence electrons. The van der Waals surface area contributed by atoms with Crippen LogP contribution in [0.3, 0.4) is 0 Å². The van der Waals surface area contributed by atoms with Gasteiger partial charge in [-0.3, -0.25) is 4.79 Å². The van der Waals surface area contributed by atoms with Crippen molar-refractivity contribution in [2.24, 2.45) is 0 Å². The summed E-state index contributed by atoms with van der Waals surface area (Å²) in [7, 11) is 0. The number of benzene rings is 2. The van der Waals surface area contributed by atoms with Crippen LogP contribution in [0.25, 0.3) is 17.0 Å². The van der Waals surface area contributed by atoms with Crippen molar-refractivity contribution in [2.75, 3.05) is 6.26 Å². The van der Waals surface area contributed by atoms with Crippen molar-refractivity contribution in [1.29, 1.82) is 0 Å². The van der Waals surface area contributed by atoms with E-state index in [9.17, 15) is 4.79 Å². The molecule has 22 heavy (non-hydrogen) atoms. The summed E-state index contributed by atoms with van der Waals surface area (Å²) in [5.41, 5.74) is 1.63. The second-order valence-corrected chi connectivity index (χ2v) is 6.08. The summed E-state index contributed by atoms with van der Waals surface area (Å²) in [4.78, 5) is 13.4. The Bertz CT molecular complexity index is 847. The first kappa shape index (κ1) is 14.9. The molecule has 0 atom stereocenters. The van der Waals surface area contributed by atoms with Gasteiger partial charge in [-0.25, -0.2) is 0 Å². The van der Waals surface area contributed by atoms with Gasteiger partial charge in [0.25, 0.3) is 0 Å². The van der Waals surface area contributed by atoms with Gasteiger partial charge in [-0.05, 0) is 54.3 Å². The fraction of sp³-hybridized carbons (Fsp3) is 0.0556. The summed E-state index contributed by atoms with van der Waals surface area (Å²) in [6.45, 7) is 0. The van der Waals surface area contributed by atoms with Gasteiger partial charge in [-0.1, -0.05) is 29.8 Å². The van der Waals surface area contributed by atoms with Crippen LogP contribution in [-0.2, 0) is 0 Å². The number of furan rings is 1. The first-order chi connectivity index (χ1) is 10.7. The molecule has 0 aliphatic rings. The van der Waals surface area contributed by atoms with Gasteiger partial charge in [0, 0.05) is 15.3 Å².